The Morgan fingerprint density at radius 3 is 2.59 bits per heavy atom. The summed E-state index contributed by atoms with van der Waals surface area (Å²) in [5, 5.41) is 0.737. The summed E-state index contributed by atoms with van der Waals surface area (Å²) >= 11 is 11.5. The first-order valence-electron chi connectivity index (χ1n) is 5.70. The summed E-state index contributed by atoms with van der Waals surface area (Å²) in [7, 11) is 0. The van der Waals surface area contributed by atoms with Crippen LogP contribution in [0.15, 0.2) is 18.2 Å². The highest BCUT2D eigenvalue weighted by Crippen LogP contribution is 2.33. The van der Waals surface area contributed by atoms with Gasteiger partial charge in [0.1, 0.15) is 0 Å². The molecule has 0 bridgehead atoms. The molecule has 1 N–H and O–H groups in total. The first-order valence-corrected chi connectivity index (χ1v) is 6.49. The molecule has 0 spiro atoms. The van der Waals surface area contributed by atoms with Crippen LogP contribution in [0, 0.1) is 10.2 Å². The van der Waals surface area contributed by atoms with Gasteiger partial charge < -0.3 is 9.55 Å². The van der Waals surface area contributed by atoms with Crippen LogP contribution in [0.25, 0.3) is 11.0 Å². The van der Waals surface area contributed by atoms with E-state index in [1.165, 1.54) is 0 Å². The number of nitrogens with zero attached hydrogens (tertiary/aromatic N) is 1. The molecule has 17 heavy (non-hydrogen) atoms. The van der Waals surface area contributed by atoms with E-state index in [-0.39, 0.29) is 5.41 Å². The predicted molar refractivity (Wildman–Crippen MR) is 76.3 cm³/mol. The first-order chi connectivity index (χ1) is 7.80. The van der Waals surface area contributed by atoms with Crippen LogP contribution in [0.3, 0.4) is 0 Å². The molecule has 4 heteroatoms. The fraction of sp³-hybridized carbons (Fsp3) is 0.462. The molecule has 92 valence electrons. The molecule has 1 aromatic carbocycles. The van der Waals surface area contributed by atoms with Gasteiger partial charge in [0, 0.05) is 11.1 Å². The highest BCUT2D eigenvalue weighted by molar-refractivity contribution is 7.71. The Kier molecular flexibility index (Phi) is 3.08. The molecular formula is C13H17ClN2S. The summed E-state index contributed by atoms with van der Waals surface area (Å²) in [6.45, 7) is 8.82. The van der Waals surface area contributed by atoms with Crippen molar-refractivity contribution in [1.29, 1.82) is 0 Å². The van der Waals surface area contributed by atoms with E-state index in [1.807, 2.05) is 18.2 Å². The largest absolute Gasteiger partial charge is 0.331 e. The maximum atomic E-state index is 6.06. The Morgan fingerprint density at radius 1 is 1.35 bits per heavy atom. The molecule has 1 heterocycles. The van der Waals surface area contributed by atoms with Crippen molar-refractivity contribution in [3.8, 4) is 0 Å². The highest BCUT2D eigenvalue weighted by atomic mass is 35.5. The number of benzene rings is 1. The quantitative estimate of drug-likeness (QED) is 0.725. The Labute approximate surface area is 112 Å². The molecule has 1 aromatic heterocycles. The van der Waals surface area contributed by atoms with Crippen molar-refractivity contribution in [2.24, 2.45) is 5.41 Å². The maximum absolute atomic E-state index is 6.06. The Hall–Kier alpha value is -0.800. The molecule has 2 rings (SSSR count). The molecule has 0 saturated carbocycles. The van der Waals surface area contributed by atoms with Crippen LogP contribution in [-0.2, 0) is 0 Å². The second kappa shape index (κ2) is 4.14. The molecule has 0 aliphatic rings. The van der Waals surface area contributed by atoms with Crippen molar-refractivity contribution in [2.45, 2.75) is 33.7 Å². The van der Waals surface area contributed by atoms with Crippen molar-refractivity contribution in [2.75, 3.05) is 0 Å². The van der Waals surface area contributed by atoms with Crippen molar-refractivity contribution in [3.05, 3.63) is 28.0 Å². The monoisotopic (exact) mass is 268 g/mol. The van der Waals surface area contributed by atoms with E-state index in [0.29, 0.717) is 6.04 Å². The van der Waals surface area contributed by atoms with Gasteiger partial charge in [0.2, 0.25) is 0 Å². The zero-order valence-electron chi connectivity index (χ0n) is 10.5. The molecule has 0 radical (unpaired) electrons. The van der Waals surface area contributed by atoms with Crippen molar-refractivity contribution >= 4 is 34.9 Å². The van der Waals surface area contributed by atoms with Crippen LogP contribution < -0.4 is 0 Å². The van der Waals surface area contributed by atoms with Crippen LogP contribution in [0.1, 0.15) is 33.7 Å². The van der Waals surface area contributed by atoms with E-state index in [2.05, 4.69) is 37.2 Å². The molecular weight excluding hydrogens is 252 g/mol. The highest BCUT2D eigenvalue weighted by Gasteiger charge is 2.23. The lowest BCUT2D eigenvalue weighted by Crippen LogP contribution is -2.21. The summed E-state index contributed by atoms with van der Waals surface area (Å²) < 4.78 is 2.90. The molecule has 0 amide bonds. The normalized spacial score (nSPS) is 14.2. The standard InChI is InChI=1S/C13H17ClN2S/c1-8(13(2,3)4)16-11-7-9(14)5-6-10(11)15-12(16)17/h5-8H,1-4H3,(H,15,17). The molecule has 0 aliphatic heterocycles. The smallest absolute Gasteiger partial charge is 0.178 e. The number of halogens is 1. The molecule has 2 nitrogen and oxygen atoms in total. The summed E-state index contributed by atoms with van der Waals surface area (Å²) in [4.78, 5) is 3.23. The number of aromatic amines is 1. The number of rotatable bonds is 1. The van der Waals surface area contributed by atoms with Crippen LogP contribution in [-0.4, -0.2) is 9.55 Å². The van der Waals surface area contributed by atoms with Gasteiger partial charge >= 0.3 is 0 Å². The predicted octanol–water partition coefficient (Wildman–Crippen LogP) is 4.96. The van der Waals surface area contributed by atoms with Crippen LogP contribution in [0.2, 0.25) is 5.02 Å². The minimum Gasteiger partial charge on any atom is -0.331 e. The Balaban J connectivity index is 2.72. The van der Waals surface area contributed by atoms with E-state index in [4.69, 9.17) is 23.8 Å². The van der Waals surface area contributed by atoms with Crippen molar-refractivity contribution in [1.82, 2.24) is 9.55 Å². The van der Waals surface area contributed by atoms with Gasteiger partial charge in [0.05, 0.1) is 11.0 Å². The van der Waals surface area contributed by atoms with Crippen LogP contribution in [0.5, 0.6) is 0 Å². The van der Waals surface area contributed by atoms with E-state index in [9.17, 15) is 0 Å². The summed E-state index contributed by atoms with van der Waals surface area (Å²) in [5.41, 5.74) is 2.26. The average molecular weight is 269 g/mol. The van der Waals surface area contributed by atoms with Gasteiger partial charge in [-0.05, 0) is 42.8 Å². The average Bonchev–Trinajstić information content (AvgIpc) is 2.51. The number of aromatic nitrogens is 2. The zero-order chi connectivity index (χ0) is 12.8. The van der Waals surface area contributed by atoms with Crippen LogP contribution >= 0.6 is 23.8 Å². The SMILES string of the molecule is CC(n1c(=S)[nH]c2ccc(Cl)cc21)C(C)(C)C. The van der Waals surface area contributed by atoms with Gasteiger partial charge in [-0.3, -0.25) is 0 Å². The summed E-state index contributed by atoms with van der Waals surface area (Å²) in [6, 6.07) is 6.12. The summed E-state index contributed by atoms with van der Waals surface area (Å²) in [6.07, 6.45) is 0. The van der Waals surface area contributed by atoms with E-state index < -0.39 is 0 Å². The van der Waals surface area contributed by atoms with Gasteiger partial charge in [-0.15, -0.1) is 0 Å². The van der Waals surface area contributed by atoms with Gasteiger partial charge in [-0.25, -0.2) is 0 Å². The lowest BCUT2D eigenvalue weighted by Gasteiger charge is -2.29. The molecule has 0 fully saturated rings. The van der Waals surface area contributed by atoms with Crippen molar-refractivity contribution in [3.63, 3.8) is 0 Å². The van der Waals surface area contributed by atoms with Crippen molar-refractivity contribution < 1.29 is 0 Å². The minimum atomic E-state index is 0.148. The van der Waals surface area contributed by atoms with E-state index in [1.54, 1.807) is 0 Å². The van der Waals surface area contributed by atoms with Gasteiger partial charge in [0.25, 0.3) is 0 Å². The molecule has 2 aromatic rings. The lowest BCUT2D eigenvalue weighted by molar-refractivity contribution is 0.265. The maximum Gasteiger partial charge on any atom is 0.178 e. The van der Waals surface area contributed by atoms with E-state index in [0.717, 1.165) is 20.8 Å². The lowest BCUT2D eigenvalue weighted by atomic mass is 9.88. The van der Waals surface area contributed by atoms with Gasteiger partial charge in [-0.2, -0.15) is 0 Å². The number of nitrogens with one attached hydrogen (secondary N) is 1. The van der Waals surface area contributed by atoms with E-state index >= 15 is 0 Å². The van der Waals surface area contributed by atoms with Gasteiger partial charge in [0.15, 0.2) is 4.77 Å². The zero-order valence-corrected chi connectivity index (χ0v) is 12.1. The Bertz CT molecular complexity index is 604. The number of H-pyrrole nitrogens is 1. The topological polar surface area (TPSA) is 20.7 Å². The molecule has 1 unspecified atom stereocenters. The summed E-state index contributed by atoms with van der Waals surface area (Å²) in [5.74, 6) is 0. The second-order valence-electron chi connectivity index (χ2n) is 5.50. The Morgan fingerprint density at radius 2 is 2.00 bits per heavy atom. The molecule has 1 atom stereocenters. The fourth-order valence-corrected chi connectivity index (χ4v) is 2.40. The van der Waals surface area contributed by atoms with Gasteiger partial charge in [-0.1, -0.05) is 32.4 Å². The molecule has 0 aliphatic carbocycles. The van der Waals surface area contributed by atoms with Crippen LogP contribution in [0.4, 0.5) is 0 Å². The number of hydrogen-bond donors (Lipinski definition) is 1. The third kappa shape index (κ3) is 2.26. The fourth-order valence-electron chi connectivity index (χ4n) is 1.87. The third-order valence-electron chi connectivity index (χ3n) is 3.32. The number of hydrogen-bond acceptors (Lipinski definition) is 1. The molecule has 0 saturated heterocycles. The third-order valence-corrected chi connectivity index (χ3v) is 3.85. The number of fused-ring (bicyclic) bond motifs is 1. The second-order valence-corrected chi connectivity index (χ2v) is 6.33. The first kappa shape index (κ1) is 12.7. The minimum absolute atomic E-state index is 0.148. The number of imidazole rings is 1.